The average Bonchev–Trinajstić information content (AvgIpc) is 2.48. The van der Waals surface area contributed by atoms with E-state index in [0.29, 0.717) is 11.4 Å². The monoisotopic (exact) mass is 305 g/mol. The molecule has 0 radical (unpaired) electrons. The Morgan fingerprint density at radius 1 is 1.05 bits per heavy atom. The zero-order chi connectivity index (χ0) is 16.0. The molecule has 0 saturated carbocycles. The van der Waals surface area contributed by atoms with Crippen LogP contribution in [0.2, 0.25) is 0 Å². The van der Waals surface area contributed by atoms with E-state index in [1.165, 1.54) is 12.1 Å². The molecule has 0 aliphatic rings. The van der Waals surface area contributed by atoms with Crippen molar-refractivity contribution in [2.24, 2.45) is 5.10 Å². The van der Waals surface area contributed by atoms with E-state index in [0.717, 1.165) is 12.1 Å². The third-order valence-electron chi connectivity index (χ3n) is 2.56. The van der Waals surface area contributed by atoms with Gasteiger partial charge in [0.25, 0.3) is 0 Å². The molecule has 0 aliphatic carbocycles. The van der Waals surface area contributed by atoms with Crippen LogP contribution in [-0.4, -0.2) is 6.02 Å². The molecule has 0 bridgehead atoms. The van der Waals surface area contributed by atoms with Crippen LogP contribution in [-0.2, 0) is 6.18 Å². The van der Waals surface area contributed by atoms with Crippen LogP contribution in [0.25, 0.3) is 4.95 Å². The quantitative estimate of drug-likeness (QED) is 0.387. The van der Waals surface area contributed by atoms with Gasteiger partial charge >= 0.3 is 12.2 Å². The second-order valence-electron chi connectivity index (χ2n) is 4.12. The van der Waals surface area contributed by atoms with Gasteiger partial charge in [-0.05, 0) is 36.4 Å². The van der Waals surface area contributed by atoms with Gasteiger partial charge in [-0.25, -0.2) is 0 Å². The van der Waals surface area contributed by atoms with Crippen molar-refractivity contribution < 1.29 is 17.9 Å². The van der Waals surface area contributed by atoms with Crippen LogP contribution < -0.4 is 10.1 Å². The van der Waals surface area contributed by atoms with Crippen LogP contribution in [0.1, 0.15) is 5.56 Å². The number of nitrogens with one attached hydrogen (secondary N) is 1. The predicted octanol–water partition coefficient (Wildman–Crippen LogP) is 4.39. The largest absolute Gasteiger partial charge is 0.421 e. The van der Waals surface area contributed by atoms with Gasteiger partial charge in [-0.2, -0.15) is 19.7 Å². The maximum atomic E-state index is 12.5. The Morgan fingerprint density at radius 3 is 2.23 bits per heavy atom. The van der Waals surface area contributed by atoms with E-state index in [1.54, 1.807) is 30.3 Å². The summed E-state index contributed by atoms with van der Waals surface area (Å²) >= 11 is 0. The third kappa shape index (κ3) is 4.24. The molecule has 0 aliphatic heterocycles. The lowest BCUT2D eigenvalue weighted by atomic mass is 10.2. The standard InChI is InChI=1S/C15H10F3N3O/c1-19-21-14(22-13-5-3-2-4-6-13)20-12-9-7-11(8-10-12)15(16,17)18/h2-10H,(H,20,21). The molecule has 0 heterocycles. The number of hydrogen-bond donors (Lipinski definition) is 1. The molecule has 4 nitrogen and oxygen atoms in total. The number of anilines is 1. The minimum absolute atomic E-state index is 0.124. The van der Waals surface area contributed by atoms with Gasteiger partial charge in [0.2, 0.25) is 0 Å². The molecule has 1 N–H and O–H groups in total. The fraction of sp³-hybridized carbons (Fsp3) is 0.0667. The number of rotatable bonds is 2. The van der Waals surface area contributed by atoms with Crippen molar-refractivity contribution in [1.29, 1.82) is 0 Å². The molecule has 2 aromatic rings. The molecule has 0 aromatic heterocycles. The van der Waals surface area contributed by atoms with Crippen LogP contribution in [0.5, 0.6) is 5.75 Å². The molecule has 0 unspecified atom stereocenters. The molecule has 112 valence electrons. The Morgan fingerprint density at radius 2 is 1.68 bits per heavy atom. The van der Waals surface area contributed by atoms with Crippen molar-refractivity contribution in [3.05, 3.63) is 71.7 Å². The second-order valence-corrected chi connectivity index (χ2v) is 4.12. The van der Waals surface area contributed by atoms with Gasteiger partial charge in [0.15, 0.2) is 0 Å². The van der Waals surface area contributed by atoms with Crippen LogP contribution in [0.4, 0.5) is 18.9 Å². The minimum Gasteiger partial charge on any atom is -0.421 e. The molecule has 22 heavy (non-hydrogen) atoms. The topological polar surface area (TPSA) is 38.0 Å². The molecule has 7 heteroatoms. The predicted molar refractivity (Wildman–Crippen MR) is 76.2 cm³/mol. The van der Waals surface area contributed by atoms with Crippen molar-refractivity contribution in [3.8, 4) is 5.75 Å². The van der Waals surface area contributed by atoms with Gasteiger partial charge in [0, 0.05) is 5.69 Å². The summed E-state index contributed by atoms with van der Waals surface area (Å²) in [7, 11) is 0. The van der Waals surface area contributed by atoms with Crippen LogP contribution in [0, 0.1) is 6.57 Å². The summed E-state index contributed by atoms with van der Waals surface area (Å²) in [4.78, 5) is 2.86. The molecular formula is C15H10F3N3O. The summed E-state index contributed by atoms with van der Waals surface area (Å²) in [6.45, 7) is 6.75. The van der Waals surface area contributed by atoms with Gasteiger partial charge in [-0.3, -0.25) is 0 Å². The van der Waals surface area contributed by atoms with E-state index < -0.39 is 11.7 Å². The summed E-state index contributed by atoms with van der Waals surface area (Å²) in [5, 5.41) is 6.09. The highest BCUT2D eigenvalue weighted by atomic mass is 19.4. The van der Waals surface area contributed by atoms with Gasteiger partial charge in [-0.1, -0.05) is 18.2 Å². The third-order valence-corrected chi connectivity index (χ3v) is 2.56. The van der Waals surface area contributed by atoms with E-state index in [9.17, 15) is 13.2 Å². The number of ether oxygens (including phenoxy) is 1. The molecule has 0 fully saturated rings. The zero-order valence-electron chi connectivity index (χ0n) is 11.1. The molecule has 0 spiro atoms. The maximum absolute atomic E-state index is 12.5. The van der Waals surface area contributed by atoms with Crippen LogP contribution >= 0.6 is 0 Å². The highest BCUT2D eigenvalue weighted by Gasteiger charge is 2.30. The summed E-state index contributed by atoms with van der Waals surface area (Å²) in [5.74, 6) is 0.448. The Bertz CT molecular complexity index is 689. The number of hydrogen-bond acceptors (Lipinski definition) is 2. The van der Waals surface area contributed by atoms with Crippen molar-refractivity contribution in [2.75, 3.05) is 5.32 Å². The SMILES string of the molecule is [C-]#[N+]N=C(Nc1ccc(C(F)(F)F)cc1)Oc1ccccc1. The second kappa shape index (κ2) is 6.63. The van der Waals surface area contributed by atoms with Crippen LogP contribution in [0.15, 0.2) is 59.7 Å². The smallest absolute Gasteiger partial charge is 0.416 e. The first-order valence-electron chi connectivity index (χ1n) is 6.10. The summed E-state index contributed by atoms with van der Waals surface area (Å²) < 4.78 is 42.8. The Labute approximate surface area is 124 Å². The lowest BCUT2D eigenvalue weighted by Crippen LogP contribution is -2.19. The number of nitrogens with zero attached hydrogens (tertiary/aromatic N) is 2. The number of halogens is 3. The van der Waals surface area contributed by atoms with Crippen molar-refractivity contribution in [1.82, 2.24) is 0 Å². The molecule has 0 atom stereocenters. The molecule has 2 aromatic carbocycles. The van der Waals surface area contributed by atoms with E-state index in [-0.39, 0.29) is 6.02 Å². The number of alkyl halides is 3. The first kappa shape index (κ1) is 15.4. The van der Waals surface area contributed by atoms with Gasteiger partial charge in [0.1, 0.15) is 10.9 Å². The number of benzene rings is 2. The number of para-hydroxylation sites is 1. The molecule has 0 amide bonds. The summed E-state index contributed by atoms with van der Waals surface area (Å²) in [5.41, 5.74) is -0.433. The summed E-state index contributed by atoms with van der Waals surface area (Å²) in [6.07, 6.45) is -4.40. The zero-order valence-corrected chi connectivity index (χ0v) is 11.1. The van der Waals surface area contributed by atoms with Crippen molar-refractivity contribution >= 4 is 11.7 Å². The van der Waals surface area contributed by atoms with E-state index >= 15 is 0 Å². The van der Waals surface area contributed by atoms with E-state index in [4.69, 9.17) is 11.3 Å². The lowest BCUT2D eigenvalue weighted by Gasteiger charge is -2.10. The van der Waals surface area contributed by atoms with E-state index in [1.807, 2.05) is 0 Å². The highest BCUT2D eigenvalue weighted by molar-refractivity contribution is 5.90. The Balaban J connectivity index is 2.12. The average molecular weight is 305 g/mol. The molecule has 2 rings (SSSR count). The lowest BCUT2D eigenvalue weighted by molar-refractivity contribution is -0.137. The molecule has 0 saturated heterocycles. The molecular weight excluding hydrogens is 295 g/mol. The van der Waals surface area contributed by atoms with Crippen molar-refractivity contribution in [3.63, 3.8) is 0 Å². The fourth-order valence-corrected chi connectivity index (χ4v) is 1.58. The van der Waals surface area contributed by atoms with E-state index in [2.05, 4.69) is 15.4 Å². The fourth-order valence-electron chi connectivity index (χ4n) is 1.58. The highest BCUT2D eigenvalue weighted by Crippen LogP contribution is 2.29. The first-order valence-corrected chi connectivity index (χ1v) is 6.10. The first-order chi connectivity index (χ1) is 10.5. The number of amidine groups is 1. The van der Waals surface area contributed by atoms with Gasteiger partial charge in [-0.15, -0.1) is 4.95 Å². The normalized spacial score (nSPS) is 11.6. The minimum atomic E-state index is -4.40. The van der Waals surface area contributed by atoms with Gasteiger partial charge in [0.05, 0.1) is 5.56 Å². The summed E-state index contributed by atoms with van der Waals surface area (Å²) in [6, 6.07) is 12.8. The Hall–Kier alpha value is -3.01. The maximum Gasteiger partial charge on any atom is 0.416 e. The van der Waals surface area contributed by atoms with Crippen molar-refractivity contribution in [2.45, 2.75) is 6.18 Å². The van der Waals surface area contributed by atoms with Crippen LogP contribution in [0.3, 0.4) is 0 Å². The Kier molecular flexibility index (Phi) is 4.63. The van der Waals surface area contributed by atoms with Gasteiger partial charge < -0.3 is 10.1 Å².